The van der Waals surface area contributed by atoms with E-state index in [1.54, 1.807) is 0 Å². The molecule has 1 N–H and O–H groups in total. The van der Waals surface area contributed by atoms with Gasteiger partial charge in [-0.1, -0.05) is 0 Å². The number of anilines is 1. The van der Waals surface area contributed by atoms with Crippen LogP contribution in [0.25, 0.3) is 0 Å². The number of benzene rings is 1. The van der Waals surface area contributed by atoms with E-state index in [4.69, 9.17) is 11.6 Å². The number of halogens is 6. The Labute approximate surface area is 112 Å². The van der Waals surface area contributed by atoms with Crippen molar-refractivity contribution in [3.8, 4) is 0 Å². The minimum atomic E-state index is -2.32. The number of furan rings is 1. The molecule has 20 heavy (non-hydrogen) atoms. The number of carbonyl (C=O) groups is 1. The van der Waals surface area contributed by atoms with Gasteiger partial charge < -0.3 is 9.73 Å². The van der Waals surface area contributed by atoms with Gasteiger partial charge in [-0.05, 0) is 23.7 Å². The van der Waals surface area contributed by atoms with E-state index in [9.17, 15) is 26.7 Å². The quantitative estimate of drug-likeness (QED) is 0.519. The molecule has 0 aliphatic carbocycles. The van der Waals surface area contributed by atoms with E-state index in [0.29, 0.717) is 0 Å². The Morgan fingerprint density at radius 2 is 1.45 bits per heavy atom. The van der Waals surface area contributed by atoms with Crippen LogP contribution in [0.2, 0.25) is 5.22 Å². The van der Waals surface area contributed by atoms with Gasteiger partial charge in [0.15, 0.2) is 34.2 Å². The Bertz CT molecular complexity index is 671. The summed E-state index contributed by atoms with van der Waals surface area (Å²) in [6.07, 6.45) is 0. The number of nitrogens with one attached hydrogen (secondary N) is 1. The van der Waals surface area contributed by atoms with Crippen molar-refractivity contribution in [3.63, 3.8) is 0 Å². The highest BCUT2D eigenvalue weighted by Crippen LogP contribution is 2.27. The Morgan fingerprint density at radius 3 is 1.90 bits per heavy atom. The van der Waals surface area contributed by atoms with Gasteiger partial charge in [-0.3, -0.25) is 4.79 Å². The maximum atomic E-state index is 13.3. The monoisotopic (exact) mass is 311 g/mol. The minimum absolute atomic E-state index is 0.187. The molecule has 0 atom stereocenters. The lowest BCUT2D eigenvalue weighted by Crippen LogP contribution is -2.16. The first-order valence-electron chi connectivity index (χ1n) is 4.91. The van der Waals surface area contributed by atoms with Crippen LogP contribution < -0.4 is 5.32 Å². The predicted octanol–water partition coefficient (Wildman–Crippen LogP) is 3.88. The molecule has 1 aromatic carbocycles. The first kappa shape index (κ1) is 14.3. The molecule has 106 valence electrons. The topological polar surface area (TPSA) is 42.2 Å². The summed E-state index contributed by atoms with van der Waals surface area (Å²) in [5.41, 5.74) is -1.47. The molecule has 2 aromatic rings. The maximum absolute atomic E-state index is 13.3. The van der Waals surface area contributed by atoms with E-state index < -0.39 is 46.4 Å². The van der Waals surface area contributed by atoms with Gasteiger partial charge in [-0.25, -0.2) is 22.0 Å². The zero-order valence-corrected chi connectivity index (χ0v) is 9.99. The smallest absolute Gasteiger partial charge is 0.291 e. The zero-order valence-electron chi connectivity index (χ0n) is 9.24. The second-order valence-electron chi connectivity index (χ2n) is 3.50. The SMILES string of the molecule is O=C(Nc1c(F)c(F)c(F)c(F)c1F)c1ccc(Cl)o1. The molecule has 0 aliphatic rings. The first-order valence-corrected chi connectivity index (χ1v) is 5.28. The van der Waals surface area contributed by atoms with Crippen LogP contribution in [-0.4, -0.2) is 5.91 Å². The third-order valence-electron chi connectivity index (χ3n) is 2.25. The fourth-order valence-electron chi connectivity index (χ4n) is 1.33. The van der Waals surface area contributed by atoms with Crippen LogP contribution in [0.3, 0.4) is 0 Å². The van der Waals surface area contributed by atoms with Crippen molar-refractivity contribution in [3.05, 3.63) is 52.2 Å². The molecule has 3 nitrogen and oxygen atoms in total. The Kier molecular flexibility index (Phi) is 3.67. The highest BCUT2D eigenvalue weighted by atomic mass is 35.5. The van der Waals surface area contributed by atoms with Crippen molar-refractivity contribution < 1.29 is 31.2 Å². The summed E-state index contributed by atoms with van der Waals surface area (Å²) in [6, 6.07) is 2.22. The van der Waals surface area contributed by atoms with E-state index in [1.807, 2.05) is 0 Å². The molecule has 0 radical (unpaired) electrons. The highest BCUT2D eigenvalue weighted by molar-refractivity contribution is 6.29. The molecule has 0 bridgehead atoms. The normalized spacial score (nSPS) is 10.7. The fourth-order valence-corrected chi connectivity index (χ4v) is 1.47. The lowest BCUT2D eigenvalue weighted by Gasteiger charge is -2.08. The third-order valence-corrected chi connectivity index (χ3v) is 2.45. The van der Waals surface area contributed by atoms with Gasteiger partial charge in [0, 0.05) is 0 Å². The van der Waals surface area contributed by atoms with Crippen LogP contribution in [0.15, 0.2) is 16.5 Å². The Hall–Kier alpha value is -2.09. The minimum Gasteiger partial charge on any atom is -0.440 e. The number of hydrogen-bond acceptors (Lipinski definition) is 2. The van der Waals surface area contributed by atoms with Crippen LogP contribution in [-0.2, 0) is 0 Å². The number of rotatable bonds is 2. The average molecular weight is 312 g/mol. The molecule has 0 saturated heterocycles. The molecular formula is C11H3ClF5NO2. The number of amides is 1. The van der Waals surface area contributed by atoms with E-state index in [-0.39, 0.29) is 5.22 Å². The van der Waals surface area contributed by atoms with Gasteiger partial charge >= 0.3 is 0 Å². The number of hydrogen-bond donors (Lipinski definition) is 1. The summed E-state index contributed by atoms with van der Waals surface area (Å²) in [7, 11) is 0. The fraction of sp³-hybridized carbons (Fsp3) is 0. The average Bonchev–Trinajstić information content (AvgIpc) is 2.85. The van der Waals surface area contributed by atoms with Crippen LogP contribution >= 0.6 is 11.6 Å². The van der Waals surface area contributed by atoms with Crippen molar-refractivity contribution in [2.75, 3.05) is 5.32 Å². The van der Waals surface area contributed by atoms with Crippen LogP contribution in [0.1, 0.15) is 10.6 Å². The van der Waals surface area contributed by atoms with Gasteiger partial charge in [0.2, 0.25) is 5.82 Å². The van der Waals surface area contributed by atoms with Gasteiger partial charge in [0.05, 0.1) is 0 Å². The summed E-state index contributed by atoms with van der Waals surface area (Å²) in [5.74, 6) is -12.7. The van der Waals surface area contributed by atoms with Crippen molar-refractivity contribution >= 4 is 23.2 Å². The molecule has 9 heteroatoms. The highest BCUT2D eigenvalue weighted by Gasteiger charge is 2.27. The van der Waals surface area contributed by atoms with Crippen LogP contribution in [0.5, 0.6) is 0 Å². The molecule has 1 heterocycles. The molecule has 0 saturated carbocycles. The van der Waals surface area contributed by atoms with E-state index in [0.717, 1.165) is 12.1 Å². The largest absolute Gasteiger partial charge is 0.440 e. The predicted molar refractivity (Wildman–Crippen MR) is 57.9 cm³/mol. The summed E-state index contributed by atoms with van der Waals surface area (Å²) in [6.45, 7) is 0. The molecule has 0 unspecified atom stereocenters. The summed E-state index contributed by atoms with van der Waals surface area (Å²) in [4.78, 5) is 11.5. The van der Waals surface area contributed by atoms with Gasteiger partial charge in [-0.2, -0.15) is 0 Å². The third kappa shape index (κ3) is 2.34. The van der Waals surface area contributed by atoms with Crippen molar-refractivity contribution in [1.82, 2.24) is 0 Å². The molecule has 1 aromatic heterocycles. The second kappa shape index (κ2) is 5.12. The first-order chi connectivity index (χ1) is 9.32. The van der Waals surface area contributed by atoms with Crippen LogP contribution in [0, 0.1) is 29.1 Å². The molecule has 0 spiro atoms. The lowest BCUT2D eigenvalue weighted by molar-refractivity contribution is 0.0995. The molecule has 0 fully saturated rings. The van der Waals surface area contributed by atoms with Crippen molar-refractivity contribution in [1.29, 1.82) is 0 Å². The zero-order chi connectivity index (χ0) is 15.0. The number of carbonyl (C=O) groups excluding carboxylic acids is 1. The Morgan fingerprint density at radius 1 is 0.950 bits per heavy atom. The van der Waals surface area contributed by atoms with Gasteiger partial charge in [0.25, 0.3) is 5.91 Å². The second-order valence-corrected chi connectivity index (χ2v) is 3.88. The summed E-state index contributed by atoms with van der Waals surface area (Å²) in [5, 5.41) is 1.34. The molecule has 0 aliphatic heterocycles. The summed E-state index contributed by atoms with van der Waals surface area (Å²) < 4.78 is 69.8. The molecule has 1 amide bonds. The van der Waals surface area contributed by atoms with Crippen molar-refractivity contribution in [2.45, 2.75) is 0 Å². The van der Waals surface area contributed by atoms with E-state index in [1.165, 1.54) is 5.32 Å². The summed E-state index contributed by atoms with van der Waals surface area (Å²) >= 11 is 5.38. The van der Waals surface area contributed by atoms with Gasteiger partial charge in [-0.15, -0.1) is 0 Å². The van der Waals surface area contributed by atoms with Gasteiger partial charge in [0.1, 0.15) is 5.69 Å². The Balaban J connectivity index is 2.42. The van der Waals surface area contributed by atoms with E-state index >= 15 is 0 Å². The van der Waals surface area contributed by atoms with Crippen LogP contribution in [0.4, 0.5) is 27.6 Å². The lowest BCUT2D eigenvalue weighted by atomic mass is 10.2. The molecular weight excluding hydrogens is 309 g/mol. The standard InChI is InChI=1S/C11H3ClF5NO2/c12-4-2-1-3(20-4)11(19)18-10-8(16)6(14)5(13)7(15)9(10)17/h1-2H,(H,18,19). The maximum Gasteiger partial charge on any atom is 0.291 e. The van der Waals surface area contributed by atoms with Crippen molar-refractivity contribution in [2.24, 2.45) is 0 Å². The molecule has 2 rings (SSSR count). The van der Waals surface area contributed by atoms with E-state index in [2.05, 4.69) is 4.42 Å².